The van der Waals surface area contributed by atoms with Gasteiger partial charge in [-0.2, -0.15) is 0 Å². The van der Waals surface area contributed by atoms with Crippen molar-refractivity contribution in [3.63, 3.8) is 0 Å². The number of imide groups is 1. The lowest BCUT2D eigenvalue weighted by Gasteiger charge is -2.43. The van der Waals surface area contributed by atoms with Crippen LogP contribution in [0, 0.1) is 11.3 Å². The number of benzene rings is 1. The summed E-state index contributed by atoms with van der Waals surface area (Å²) in [6, 6.07) is 7.00. The molecule has 4 rings (SSSR count). The summed E-state index contributed by atoms with van der Waals surface area (Å²) in [6.45, 7) is 7.06. The standard InChI is InChI=1S/C24H32N4O4/c1-16-11-23(2,3)15-24(12-16)21(31)28(22(32)26-24)14-19(29)25-13-17-6-8-18(9-7-17)27-10-4-5-20(27)30/h6-9,16H,4-5,10-15H2,1-3H3,(H,25,29)(H,26,32)/t16-,24-/m1/s1. The van der Waals surface area contributed by atoms with Crippen LogP contribution in [0.4, 0.5) is 10.5 Å². The van der Waals surface area contributed by atoms with Crippen molar-refractivity contribution in [1.82, 2.24) is 15.5 Å². The van der Waals surface area contributed by atoms with Crippen LogP contribution in [0.3, 0.4) is 0 Å². The minimum absolute atomic E-state index is 0.0509. The number of nitrogens with one attached hydrogen (secondary N) is 2. The normalized spacial score (nSPS) is 27.2. The van der Waals surface area contributed by atoms with Crippen LogP contribution >= 0.6 is 0 Å². The van der Waals surface area contributed by atoms with Crippen LogP contribution < -0.4 is 15.5 Å². The predicted molar refractivity (Wildman–Crippen MR) is 120 cm³/mol. The third-order valence-electron chi connectivity index (χ3n) is 6.74. The summed E-state index contributed by atoms with van der Waals surface area (Å²) in [6.07, 6.45) is 3.64. The van der Waals surface area contributed by atoms with Crippen molar-refractivity contribution < 1.29 is 19.2 Å². The van der Waals surface area contributed by atoms with Gasteiger partial charge in [0, 0.05) is 25.2 Å². The van der Waals surface area contributed by atoms with Crippen molar-refractivity contribution in [3.8, 4) is 0 Å². The van der Waals surface area contributed by atoms with Crippen LogP contribution in [0.15, 0.2) is 24.3 Å². The van der Waals surface area contributed by atoms with E-state index in [4.69, 9.17) is 0 Å². The Labute approximate surface area is 188 Å². The number of urea groups is 1. The fourth-order valence-corrected chi connectivity index (χ4v) is 5.76. The molecule has 1 spiro atoms. The maximum Gasteiger partial charge on any atom is 0.325 e. The van der Waals surface area contributed by atoms with E-state index in [1.54, 1.807) is 4.90 Å². The molecule has 0 unspecified atom stereocenters. The van der Waals surface area contributed by atoms with Crippen LogP contribution in [-0.2, 0) is 20.9 Å². The van der Waals surface area contributed by atoms with Gasteiger partial charge < -0.3 is 15.5 Å². The summed E-state index contributed by atoms with van der Waals surface area (Å²) < 4.78 is 0. The summed E-state index contributed by atoms with van der Waals surface area (Å²) in [5.41, 5.74) is 0.786. The molecular formula is C24H32N4O4. The van der Waals surface area contributed by atoms with Gasteiger partial charge in [-0.25, -0.2) is 4.79 Å². The summed E-state index contributed by atoms with van der Waals surface area (Å²) in [5, 5.41) is 5.68. The number of amides is 5. The molecule has 2 N–H and O–H groups in total. The van der Waals surface area contributed by atoms with Crippen LogP contribution in [-0.4, -0.2) is 47.3 Å². The lowest BCUT2D eigenvalue weighted by molar-refractivity contribution is -0.137. The van der Waals surface area contributed by atoms with E-state index in [2.05, 4.69) is 31.4 Å². The van der Waals surface area contributed by atoms with Gasteiger partial charge in [-0.15, -0.1) is 0 Å². The van der Waals surface area contributed by atoms with Crippen molar-refractivity contribution in [2.75, 3.05) is 18.0 Å². The van der Waals surface area contributed by atoms with Gasteiger partial charge in [0.25, 0.3) is 5.91 Å². The Morgan fingerprint density at radius 3 is 2.50 bits per heavy atom. The average molecular weight is 441 g/mol. The Hall–Kier alpha value is -2.90. The zero-order valence-corrected chi connectivity index (χ0v) is 19.1. The monoisotopic (exact) mass is 440 g/mol. The first-order chi connectivity index (χ1) is 15.1. The van der Waals surface area contributed by atoms with Crippen molar-refractivity contribution in [3.05, 3.63) is 29.8 Å². The third-order valence-corrected chi connectivity index (χ3v) is 6.74. The Balaban J connectivity index is 1.33. The Morgan fingerprint density at radius 1 is 1.16 bits per heavy atom. The molecule has 32 heavy (non-hydrogen) atoms. The van der Waals surface area contributed by atoms with Crippen LogP contribution in [0.5, 0.6) is 0 Å². The van der Waals surface area contributed by atoms with Crippen molar-refractivity contribution in [2.45, 2.75) is 65.0 Å². The van der Waals surface area contributed by atoms with Crippen molar-refractivity contribution in [2.24, 2.45) is 11.3 Å². The SMILES string of the molecule is C[C@@H]1CC(C)(C)C[C@@]2(C1)NC(=O)N(CC(=O)NCc1ccc(N3CCCC3=O)cc1)C2=O. The van der Waals surface area contributed by atoms with Gasteiger partial charge in [-0.1, -0.05) is 32.9 Å². The molecule has 0 radical (unpaired) electrons. The Morgan fingerprint density at radius 2 is 1.88 bits per heavy atom. The minimum atomic E-state index is -0.901. The van der Waals surface area contributed by atoms with Crippen molar-refractivity contribution >= 4 is 29.4 Å². The van der Waals surface area contributed by atoms with Gasteiger partial charge in [-0.3, -0.25) is 19.3 Å². The van der Waals surface area contributed by atoms with E-state index in [0.29, 0.717) is 25.2 Å². The summed E-state index contributed by atoms with van der Waals surface area (Å²) in [4.78, 5) is 52.9. The smallest absolute Gasteiger partial charge is 0.325 e. The highest BCUT2D eigenvalue weighted by Crippen LogP contribution is 2.46. The van der Waals surface area contributed by atoms with E-state index in [0.717, 1.165) is 35.5 Å². The highest BCUT2D eigenvalue weighted by Gasteiger charge is 2.56. The third kappa shape index (κ3) is 4.36. The number of carbonyl (C=O) groups excluding carboxylic acids is 4. The summed E-state index contributed by atoms with van der Waals surface area (Å²) in [7, 11) is 0. The molecule has 0 bridgehead atoms. The van der Waals surface area contributed by atoms with Crippen molar-refractivity contribution in [1.29, 1.82) is 0 Å². The van der Waals surface area contributed by atoms with Crippen LogP contribution in [0.25, 0.3) is 0 Å². The molecule has 1 aliphatic carbocycles. The average Bonchev–Trinajstić information content (AvgIpc) is 3.22. The number of nitrogens with zero attached hydrogens (tertiary/aromatic N) is 2. The highest BCUT2D eigenvalue weighted by molar-refractivity contribution is 6.09. The van der Waals surface area contributed by atoms with Gasteiger partial charge in [0.05, 0.1) is 0 Å². The van der Waals surface area contributed by atoms with Crippen LogP contribution in [0.2, 0.25) is 0 Å². The van der Waals surface area contributed by atoms with E-state index in [9.17, 15) is 19.2 Å². The molecule has 2 heterocycles. The lowest BCUT2D eigenvalue weighted by atomic mass is 9.64. The molecular weight excluding hydrogens is 408 g/mol. The topological polar surface area (TPSA) is 98.8 Å². The molecule has 5 amide bonds. The fourth-order valence-electron chi connectivity index (χ4n) is 5.76. The van der Waals surface area contributed by atoms with E-state index < -0.39 is 11.6 Å². The molecule has 1 aromatic carbocycles. The lowest BCUT2D eigenvalue weighted by Crippen LogP contribution is -2.54. The molecule has 8 heteroatoms. The second-order valence-electron chi connectivity index (χ2n) is 10.4. The number of hydrogen-bond acceptors (Lipinski definition) is 4. The number of anilines is 1. The Kier molecular flexibility index (Phi) is 5.73. The molecule has 3 fully saturated rings. The number of hydrogen-bond donors (Lipinski definition) is 2. The largest absolute Gasteiger partial charge is 0.350 e. The quantitative estimate of drug-likeness (QED) is 0.688. The molecule has 2 aliphatic heterocycles. The maximum atomic E-state index is 13.2. The van der Waals surface area contributed by atoms with Gasteiger partial charge >= 0.3 is 6.03 Å². The number of rotatable bonds is 5. The Bertz CT molecular complexity index is 942. The van der Waals surface area contributed by atoms with E-state index in [1.165, 1.54) is 0 Å². The van der Waals surface area contributed by atoms with E-state index >= 15 is 0 Å². The van der Waals surface area contributed by atoms with Crippen LogP contribution in [0.1, 0.15) is 58.4 Å². The van der Waals surface area contributed by atoms with E-state index in [-0.39, 0.29) is 36.2 Å². The molecule has 0 aromatic heterocycles. The number of carbonyl (C=O) groups is 4. The highest BCUT2D eigenvalue weighted by atomic mass is 16.2. The second kappa shape index (κ2) is 8.22. The van der Waals surface area contributed by atoms with Gasteiger partial charge in [0.2, 0.25) is 11.8 Å². The summed E-state index contributed by atoms with van der Waals surface area (Å²) in [5.74, 6) is -0.229. The predicted octanol–water partition coefficient (Wildman–Crippen LogP) is 2.57. The maximum absolute atomic E-state index is 13.2. The van der Waals surface area contributed by atoms with Gasteiger partial charge in [0.1, 0.15) is 12.1 Å². The first-order valence-corrected chi connectivity index (χ1v) is 11.4. The molecule has 2 atom stereocenters. The second-order valence-corrected chi connectivity index (χ2v) is 10.4. The fraction of sp³-hybridized carbons (Fsp3) is 0.583. The zero-order valence-electron chi connectivity index (χ0n) is 19.1. The van der Waals surface area contributed by atoms with Gasteiger partial charge in [0.15, 0.2) is 0 Å². The zero-order chi connectivity index (χ0) is 23.1. The van der Waals surface area contributed by atoms with Gasteiger partial charge in [-0.05, 0) is 54.7 Å². The first kappa shape index (κ1) is 22.3. The molecule has 1 aromatic rings. The van der Waals surface area contributed by atoms with E-state index in [1.807, 2.05) is 24.3 Å². The first-order valence-electron chi connectivity index (χ1n) is 11.4. The summed E-state index contributed by atoms with van der Waals surface area (Å²) >= 11 is 0. The molecule has 2 saturated heterocycles. The molecule has 8 nitrogen and oxygen atoms in total. The minimum Gasteiger partial charge on any atom is -0.350 e. The molecule has 1 saturated carbocycles. The molecule has 172 valence electrons. The molecule has 3 aliphatic rings.